The maximum absolute atomic E-state index is 13.1. The molecule has 146 valence electrons. The number of likely N-dealkylation sites (tertiary alicyclic amines) is 1. The van der Waals surface area contributed by atoms with Crippen LogP contribution in [0, 0.1) is 0 Å². The zero-order chi connectivity index (χ0) is 19.7. The molecule has 0 spiro atoms. The Morgan fingerprint density at radius 1 is 1.11 bits per heavy atom. The van der Waals surface area contributed by atoms with Crippen molar-refractivity contribution in [1.29, 1.82) is 0 Å². The molecule has 1 fully saturated rings. The van der Waals surface area contributed by atoms with E-state index < -0.39 is 6.10 Å². The molecule has 2 amide bonds. The van der Waals surface area contributed by atoms with Gasteiger partial charge in [-0.2, -0.15) is 0 Å². The molecule has 28 heavy (non-hydrogen) atoms. The van der Waals surface area contributed by atoms with Gasteiger partial charge in [-0.25, -0.2) is 0 Å². The van der Waals surface area contributed by atoms with Crippen molar-refractivity contribution in [2.75, 3.05) is 24.5 Å². The van der Waals surface area contributed by atoms with Crippen molar-refractivity contribution in [2.45, 2.75) is 32.3 Å². The molecule has 0 bridgehead atoms. The second kappa shape index (κ2) is 7.50. The number of piperidine rings is 1. The number of anilines is 1. The third kappa shape index (κ3) is 3.40. The lowest BCUT2D eigenvalue weighted by molar-refractivity contribution is -0.139. The molecule has 3 heterocycles. The van der Waals surface area contributed by atoms with Crippen LogP contribution in [-0.4, -0.2) is 53.2 Å². The molecule has 2 aromatic rings. The number of Topliss-reactive ketones (excluding diaryl/α,β-unsaturated/α-hetero) is 1. The van der Waals surface area contributed by atoms with Crippen LogP contribution in [0.3, 0.4) is 0 Å². The molecule has 1 N–H and O–H groups in total. The van der Waals surface area contributed by atoms with Gasteiger partial charge in [0.05, 0.1) is 12.2 Å². The van der Waals surface area contributed by atoms with Gasteiger partial charge in [0.1, 0.15) is 11.4 Å². The average Bonchev–Trinajstić information content (AvgIpc) is 3.23. The first-order chi connectivity index (χ1) is 13.5. The summed E-state index contributed by atoms with van der Waals surface area (Å²) in [5.41, 5.74) is 1.38. The molecular weight excluding hydrogens is 358 g/mol. The smallest absolute Gasteiger partial charge is 0.274 e. The topological polar surface area (TPSA) is 82.7 Å². The Morgan fingerprint density at radius 3 is 2.57 bits per heavy atom. The standard InChI is InChI=1S/C21H23N3O4/c1-14(25)15-11-16(22-12-15)20(26)24-13-19(21(27)23-9-5-2-6-10-23)28-18-8-4-3-7-17(18)24/h3-4,7-8,11-12,19,22H,2,5-6,9-10,13H2,1H3/t19-/m1/s1. The second-order valence-electron chi connectivity index (χ2n) is 7.23. The molecule has 2 aliphatic rings. The van der Waals surface area contributed by atoms with Crippen LogP contribution in [0.5, 0.6) is 5.75 Å². The number of nitrogens with zero attached hydrogens (tertiary/aromatic N) is 2. The molecular formula is C21H23N3O4. The molecule has 4 rings (SSSR count). The summed E-state index contributed by atoms with van der Waals surface area (Å²) in [6.07, 6.45) is 3.91. The number of aromatic nitrogens is 1. The molecule has 1 saturated heterocycles. The number of H-pyrrole nitrogens is 1. The Bertz CT molecular complexity index is 914. The summed E-state index contributed by atoms with van der Waals surface area (Å²) in [6.45, 7) is 3.05. The predicted octanol–water partition coefficient (Wildman–Crippen LogP) is 2.64. The number of ether oxygens (including phenoxy) is 1. The first-order valence-corrected chi connectivity index (χ1v) is 9.60. The van der Waals surface area contributed by atoms with E-state index in [2.05, 4.69) is 4.98 Å². The van der Waals surface area contributed by atoms with Crippen molar-refractivity contribution < 1.29 is 19.1 Å². The number of para-hydroxylation sites is 2. The predicted molar refractivity (Wildman–Crippen MR) is 104 cm³/mol. The Hall–Kier alpha value is -3.09. The van der Waals surface area contributed by atoms with Crippen molar-refractivity contribution in [3.05, 3.63) is 47.8 Å². The molecule has 1 atom stereocenters. The first kappa shape index (κ1) is 18.3. The number of carbonyl (C=O) groups excluding carboxylic acids is 3. The minimum Gasteiger partial charge on any atom is -0.476 e. The lowest BCUT2D eigenvalue weighted by Gasteiger charge is -2.37. The summed E-state index contributed by atoms with van der Waals surface area (Å²) in [5.74, 6) is 0.0224. The third-order valence-corrected chi connectivity index (χ3v) is 5.28. The summed E-state index contributed by atoms with van der Waals surface area (Å²) in [5, 5.41) is 0. The van der Waals surface area contributed by atoms with Crippen LogP contribution in [0.4, 0.5) is 5.69 Å². The minimum absolute atomic E-state index is 0.0806. The van der Waals surface area contributed by atoms with E-state index in [1.165, 1.54) is 13.1 Å². The van der Waals surface area contributed by atoms with Crippen molar-refractivity contribution in [3.63, 3.8) is 0 Å². The number of fused-ring (bicyclic) bond motifs is 1. The summed E-state index contributed by atoms with van der Waals surface area (Å²) in [6, 6.07) is 8.75. The van der Waals surface area contributed by atoms with Crippen molar-refractivity contribution in [2.24, 2.45) is 0 Å². The van der Waals surface area contributed by atoms with E-state index in [1.54, 1.807) is 23.1 Å². The van der Waals surface area contributed by atoms with Crippen LogP contribution in [-0.2, 0) is 4.79 Å². The van der Waals surface area contributed by atoms with Gasteiger partial charge in [-0.1, -0.05) is 12.1 Å². The summed E-state index contributed by atoms with van der Waals surface area (Å²) in [7, 11) is 0. The molecule has 0 unspecified atom stereocenters. The number of hydrogen-bond acceptors (Lipinski definition) is 4. The van der Waals surface area contributed by atoms with E-state index in [9.17, 15) is 14.4 Å². The summed E-state index contributed by atoms with van der Waals surface area (Å²) < 4.78 is 5.96. The van der Waals surface area contributed by atoms with Gasteiger partial charge in [0.25, 0.3) is 11.8 Å². The van der Waals surface area contributed by atoms with Crippen LogP contribution >= 0.6 is 0 Å². The van der Waals surface area contributed by atoms with Gasteiger partial charge >= 0.3 is 0 Å². The number of benzene rings is 1. The number of aromatic amines is 1. The van der Waals surface area contributed by atoms with E-state index in [-0.39, 0.29) is 24.1 Å². The van der Waals surface area contributed by atoms with Gasteiger partial charge in [-0.3, -0.25) is 19.3 Å². The average molecular weight is 381 g/mol. The highest BCUT2D eigenvalue weighted by Crippen LogP contribution is 2.34. The number of nitrogens with one attached hydrogen (secondary N) is 1. The van der Waals surface area contributed by atoms with Gasteiger partial charge in [0.2, 0.25) is 0 Å². The highest BCUT2D eigenvalue weighted by molar-refractivity contribution is 6.08. The monoisotopic (exact) mass is 381 g/mol. The lowest BCUT2D eigenvalue weighted by Crippen LogP contribution is -2.52. The normalized spacial score (nSPS) is 19.0. The largest absolute Gasteiger partial charge is 0.476 e. The number of ketones is 1. The second-order valence-corrected chi connectivity index (χ2v) is 7.23. The zero-order valence-corrected chi connectivity index (χ0v) is 15.8. The van der Waals surface area contributed by atoms with E-state index in [1.807, 2.05) is 17.0 Å². The van der Waals surface area contributed by atoms with E-state index >= 15 is 0 Å². The Kier molecular flexibility index (Phi) is 4.90. The highest BCUT2D eigenvalue weighted by Gasteiger charge is 2.36. The van der Waals surface area contributed by atoms with Crippen molar-refractivity contribution in [3.8, 4) is 5.75 Å². The van der Waals surface area contributed by atoms with Gasteiger partial charge in [0.15, 0.2) is 11.9 Å². The number of hydrogen-bond donors (Lipinski definition) is 1. The Labute approximate surface area is 163 Å². The number of carbonyl (C=O) groups is 3. The van der Waals surface area contributed by atoms with E-state index in [4.69, 9.17) is 4.74 Å². The van der Waals surface area contributed by atoms with Gasteiger partial charge < -0.3 is 14.6 Å². The van der Waals surface area contributed by atoms with Gasteiger partial charge in [-0.15, -0.1) is 0 Å². The highest BCUT2D eigenvalue weighted by atomic mass is 16.5. The molecule has 2 aliphatic heterocycles. The molecule has 1 aromatic heterocycles. The van der Waals surface area contributed by atoms with E-state index in [0.29, 0.717) is 22.7 Å². The van der Waals surface area contributed by atoms with Crippen LogP contribution in [0.1, 0.15) is 47.0 Å². The molecule has 7 nitrogen and oxygen atoms in total. The fraction of sp³-hybridized carbons (Fsp3) is 0.381. The van der Waals surface area contributed by atoms with Gasteiger partial charge in [0, 0.05) is 24.8 Å². The molecule has 7 heteroatoms. The van der Waals surface area contributed by atoms with Crippen LogP contribution in [0.25, 0.3) is 0 Å². The third-order valence-electron chi connectivity index (χ3n) is 5.28. The van der Waals surface area contributed by atoms with Crippen LogP contribution in [0.15, 0.2) is 36.5 Å². The quantitative estimate of drug-likeness (QED) is 0.829. The maximum atomic E-state index is 13.1. The van der Waals surface area contributed by atoms with Crippen LogP contribution < -0.4 is 9.64 Å². The maximum Gasteiger partial charge on any atom is 0.274 e. The molecule has 0 radical (unpaired) electrons. The Balaban J connectivity index is 1.62. The van der Waals surface area contributed by atoms with E-state index in [0.717, 1.165) is 32.4 Å². The Morgan fingerprint density at radius 2 is 1.86 bits per heavy atom. The number of amides is 2. The fourth-order valence-electron chi connectivity index (χ4n) is 3.74. The summed E-state index contributed by atoms with van der Waals surface area (Å²) in [4.78, 5) is 43.9. The molecule has 0 aliphatic carbocycles. The zero-order valence-electron chi connectivity index (χ0n) is 15.8. The summed E-state index contributed by atoms with van der Waals surface area (Å²) >= 11 is 0. The van der Waals surface area contributed by atoms with Crippen molar-refractivity contribution in [1.82, 2.24) is 9.88 Å². The molecule has 1 aromatic carbocycles. The van der Waals surface area contributed by atoms with Gasteiger partial charge in [-0.05, 0) is 44.4 Å². The SMILES string of the molecule is CC(=O)c1c[nH]c(C(=O)N2C[C@H](C(=O)N3CCCCC3)Oc3ccccc32)c1. The lowest BCUT2D eigenvalue weighted by atomic mass is 10.1. The molecule has 0 saturated carbocycles. The number of rotatable bonds is 3. The first-order valence-electron chi connectivity index (χ1n) is 9.60. The minimum atomic E-state index is -0.737. The fourth-order valence-corrected chi connectivity index (χ4v) is 3.74. The van der Waals surface area contributed by atoms with Crippen LogP contribution in [0.2, 0.25) is 0 Å². The van der Waals surface area contributed by atoms with Crippen molar-refractivity contribution >= 4 is 23.3 Å².